The molecular weight excluding hydrogens is 192 g/mol. The van der Waals surface area contributed by atoms with E-state index in [1.165, 1.54) is 0 Å². The van der Waals surface area contributed by atoms with E-state index in [4.69, 9.17) is 5.26 Å². The van der Waals surface area contributed by atoms with Crippen molar-refractivity contribution in [1.29, 1.82) is 5.26 Å². The van der Waals surface area contributed by atoms with Gasteiger partial charge in [0.25, 0.3) is 0 Å². The minimum Gasteiger partial charge on any atom is -0.298 e. The molecule has 1 aromatic heterocycles. The fourth-order valence-corrected chi connectivity index (χ4v) is 1.27. The van der Waals surface area contributed by atoms with Crippen molar-refractivity contribution >= 4 is 6.29 Å². The number of aromatic amines is 1. The maximum atomic E-state index is 10.6. The van der Waals surface area contributed by atoms with Crippen LogP contribution in [0.2, 0.25) is 0 Å². The lowest BCUT2D eigenvalue weighted by atomic mass is 10.1. The van der Waals surface area contributed by atoms with Gasteiger partial charge in [0.1, 0.15) is 18.0 Å². The molecule has 0 atom stereocenters. The van der Waals surface area contributed by atoms with Crippen molar-refractivity contribution in [3.8, 4) is 17.3 Å². The molecule has 0 aliphatic carbocycles. The number of nitrogens with one attached hydrogen (secondary N) is 1. The van der Waals surface area contributed by atoms with E-state index in [-0.39, 0.29) is 5.69 Å². The summed E-state index contributed by atoms with van der Waals surface area (Å²) in [7, 11) is 0. The average molecular weight is 198 g/mol. The predicted octanol–water partition coefficient (Wildman–Crippen LogP) is 1.16. The van der Waals surface area contributed by atoms with Gasteiger partial charge in [-0.25, -0.2) is 5.10 Å². The molecule has 0 bridgehead atoms. The van der Waals surface area contributed by atoms with Crippen LogP contribution in [-0.4, -0.2) is 21.7 Å². The molecule has 15 heavy (non-hydrogen) atoms. The molecule has 0 fully saturated rings. The number of carbonyl (C=O) groups is 1. The van der Waals surface area contributed by atoms with Gasteiger partial charge in [-0.2, -0.15) is 5.26 Å². The third kappa shape index (κ3) is 1.60. The monoisotopic (exact) mass is 198 g/mol. The number of nitriles is 1. The molecule has 0 spiro atoms. The highest BCUT2D eigenvalue weighted by Gasteiger charge is 2.08. The Hall–Kier alpha value is -2.48. The van der Waals surface area contributed by atoms with E-state index >= 15 is 0 Å². The number of aldehydes is 1. The molecule has 1 N–H and O–H groups in total. The van der Waals surface area contributed by atoms with Crippen molar-refractivity contribution in [1.82, 2.24) is 15.4 Å². The number of carbonyl (C=O) groups excluding carboxylic acids is 1. The van der Waals surface area contributed by atoms with Gasteiger partial charge in [-0.1, -0.05) is 23.4 Å². The van der Waals surface area contributed by atoms with Crippen LogP contribution in [0.15, 0.2) is 24.3 Å². The molecular formula is C10H6N4O. The Balaban J connectivity index is 2.55. The van der Waals surface area contributed by atoms with Gasteiger partial charge in [-0.15, -0.1) is 5.10 Å². The molecule has 0 amide bonds. The summed E-state index contributed by atoms with van der Waals surface area (Å²) in [5.41, 5.74) is 1.99. The molecule has 1 aromatic carbocycles. The Morgan fingerprint density at radius 2 is 2.33 bits per heavy atom. The van der Waals surface area contributed by atoms with E-state index in [1.54, 1.807) is 24.3 Å². The summed E-state index contributed by atoms with van der Waals surface area (Å²) in [5, 5.41) is 18.6. The van der Waals surface area contributed by atoms with Crippen LogP contribution in [0, 0.1) is 11.3 Å². The van der Waals surface area contributed by atoms with Crippen LogP contribution in [0.1, 0.15) is 16.1 Å². The lowest BCUT2D eigenvalue weighted by Crippen LogP contribution is -1.85. The second-order valence-electron chi connectivity index (χ2n) is 2.89. The second-order valence-corrected chi connectivity index (χ2v) is 2.89. The smallest absolute Gasteiger partial charge is 0.163 e. The standard InChI is InChI=1S/C10H6N4O/c11-5-9-10(13-14-12-9)8-3-1-2-7(4-8)6-15/h1-4,6H,(H,12,13,14). The van der Waals surface area contributed by atoms with Gasteiger partial charge in [0.15, 0.2) is 5.69 Å². The summed E-state index contributed by atoms with van der Waals surface area (Å²) in [4.78, 5) is 10.6. The van der Waals surface area contributed by atoms with Crippen LogP contribution in [0.5, 0.6) is 0 Å². The molecule has 2 aromatic rings. The molecule has 5 heteroatoms. The molecule has 2 rings (SSSR count). The quantitative estimate of drug-likeness (QED) is 0.734. The van der Waals surface area contributed by atoms with Crippen LogP contribution in [0.25, 0.3) is 11.3 Å². The van der Waals surface area contributed by atoms with Crippen LogP contribution < -0.4 is 0 Å². The number of benzene rings is 1. The zero-order valence-electron chi connectivity index (χ0n) is 7.64. The Kier molecular flexibility index (Phi) is 2.25. The second kappa shape index (κ2) is 3.72. The number of H-pyrrole nitrogens is 1. The predicted molar refractivity (Wildman–Crippen MR) is 51.9 cm³/mol. The largest absolute Gasteiger partial charge is 0.298 e. The Labute approximate surface area is 85.4 Å². The first-order chi connectivity index (χ1) is 7.35. The Morgan fingerprint density at radius 3 is 3.07 bits per heavy atom. The van der Waals surface area contributed by atoms with E-state index in [9.17, 15) is 4.79 Å². The number of rotatable bonds is 2. The number of nitrogens with zero attached hydrogens (tertiary/aromatic N) is 3. The summed E-state index contributed by atoms with van der Waals surface area (Å²) in [6.45, 7) is 0. The van der Waals surface area contributed by atoms with Crippen molar-refractivity contribution in [2.75, 3.05) is 0 Å². The highest BCUT2D eigenvalue weighted by Crippen LogP contribution is 2.19. The summed E-state index contributed by atoms with van der Waals surface area (Å²) < 4.78 is 0. The lowest BCUT2D eigenvalue weighted by molar-refractivity contribution is 0.112. The van der Waals surface area contributed by atoms with Crippen LogP contribution in [0.3, 0.4) is 0 Å². The molecule has 0 aliphatic heterocycles. The zero-order chi connectivity index (χ0) is 10.7. The van der Waals surface area contributed by atoms with Crippen LogP contribution in [-0.2, 0) is 0 Å². The van der Waals surface area contributed by atoms with Crippen molar-refractivity contribution < 1.29 is 4.79 Å². The van der Waals surface area contributed by atoms with Gasteiger partial charge in [0.2, 0.25) is 0 Å². The SMILES string of the molecule is N#Cc1[nH]nnc1-c1cccc(C=O)c1. The van der Waals surface area contributed by atoms with Crippen LogP contribution in [0.4, 0.5) is 0 Å². The topological polar surface area (TPSA) is 82.4 Å². The van der Waals surface area contributed by atoms with Crippen LogP contribution >= 0.6 is 0 Å². The average Bonchev–Trinajstić information content (AvgIpc) is 2.77. The summed E-state index contributed by atoms with van der Waals surface area (Å²) in [5.74, 6) is 0. The van der Waals surface area contributed by atoms with E-state index in [0.29, 0.717) is 16.8 Å². The summed E-state index contributed by atoms with van der Waals surface area (Å²) >= 11 is 0. The fourth-order valence-electron chi connectivity index (χ4n) is 1.27. The van der Waals surface area contributed by atoms with Gasteiger partial charge < -0.3 is 0 Å². The highest BCUT2D eigenvalue weighted by molar-refractivity contribution is 5.78. The van der Waals surface area contributed by atoms with Gasteiger partial charge >= 0.3 is 0 Å². The van der Waals surface area contributed by atoms with Crippen molar-refractivity contribution in [2.45, 2.75) is 0 Å². The first-order valence-electron chi connectivity index (χ1n) is 4.22. The molecule has 72 valence electrons. The van der Waals surface area contributed by atoms with Crippen molar-refractivity contribution in [3.63, 3.8) is 0 Å². The van der Waals surface area contributed by atoms with Crippen molar-refractivity contribution in [2.24, 2.45) is 0 Å². The lowest BCUT2D eigenvalue weighted by Gasteiger charge is -1.96. The zero-order valence-corrected chi connectivity index (χ0v) is 7.64. The Morgan fingerprint density at radius 1 is 1.47 bits per heavy atom. The molecule has 0 saturated heterocycles. The molecule has 0 unspecified atom stereocenters. The first kappa shape index (κ1) is 9.09. The normalized spacial score (nSPS) is 9.53. The van der Waals surface area contributed by atoms with Crippen molar-refractivity contribution in [3.05, 3.63) is 35.5 Å². The third-order valence-electron chi connectivity index (χ3n) is 1.96. The van der Waals surface area contributed by atoms with E-state index < -0.39 is 0 Å². The molecule has 0 radical (unpaired) electrons. The van der Waals surface area contributed by atoms with E-state index in [1.807, 2.05) is 6.07 Å². The molecule has 0 aliphatic rings. The van der Waals surface area contributed by atoms with Gasteiger partial charge in [0, 0.05) is 11.1 Å². The van der Waals surface area contributed by atoms with E-state index in [0.717, 1.165) is 6.29 Å². The minimum atomic E-state index is 0.290. The van der Waals surface area contributed by atoms with Gasteiger partial charge in [0.05, 0.1) is 0 Å². The Bertz CT molecular complexity index is 538. The molecule has 0 saturated carbocycles. The highest BCUT2D eigenvalue weighted by atomic mass is 16.1. The van der Waals surface area contributed by atoms with Gasteiger partial charge in [-0.3, -0.25) is 4.79 Å². The number of hydrogen-bond donors (Lipinski definition) is 1. The third-order valence-corrected chi connectivity index (χ3v) is 1.96. The number of hydrogen-bond acceptors (Lipinski definition) is 4. The maximum absolute atomic E-state index is 10.6. The summed E-state index contributed by atoms with van der Waals surface area (Å²) in [6.07, 6.45) is 0.746. The fraction of sp³-hybridized carbons (Fsp3) is 0. The maximum Gasteiger partial charge on any atom is 0.163 e. The minimum absolute atomic E-state index is 0.290. The molecule has 5 nitrogen and oxygen atoms in total. The first-order valence-corrected chi connectivity index (χ1v) is 4.22. The number of aromatic nitrogens is 3. The summed E-state index contributed by atoms with van der Waals surface area (Å²) in [6, 6.07) is 8.78. The van der Waals surface area contributed by atoms with E-state index in [2.05, 4.69) is 15.4 Å². The molecule has 1 heterocycles. The van der Waals surface area contributed by atoms with Gasteiger partial charge in [-0.05, 0) is 6.07 Å².